The fraction of sp³-hybridized carbons (Fsp3) is 1.00. The van der Waals surface area contributed by atoms with E-state index in [9.17, 15) is 8.42 Å². The first-order chi connectivity index (χ1) is 8.08. The van der Waals surface area contributed by atoms with Crippen LogP contribution in [0.4, 0.5) is 0 Å². The van der Waals surface area contributed by atoms with Crippen molar-refractivity contribution in [3.8, 4) is 0 Å². The Morgan fingerprint density at radius 1 is 1.41 bits per heavy atom. The van der Waals surface area contributed by atoms with E-state index in [1.54, 1.807) is 7.11 Å². The van der Waals surface area contributed by atoms with E-state index in [1.807, 2.05) is 6.92 Å². The summed E-state index contributed by atoms with van der Waals surface area (Å²) in [5.41, 5.74) is 0. The Morgan fingerprint density at radius 2 is 2.18 bits per heavy atom. The number of rotatable bonds is 8. The summed E-state index contributed by atoms with van der Waals surface area (Å²) in [5, 5.41) is 2.84. The van der Waals surface area contributed by atoms with Crippen molar-refractivity contribution in [2.45, 2.75) is 31.1 Å². The Hall–Kier alpha value is -0.170. The van der Waals surface area contributed by atoms with E-state index in [4.69, 9.17) is 9.47 Å². The lowest BCUT2D eigenvalue weighted by atomic mass is 10.3. The van der Waals surface area contributed by atoms with Gasteiger partial charge in [-0.25, -0.2) is 8.42 Å². The summed E-state index contributed by atoms with van der Waals surface area (Å²) in [5.74, 6) is 0.241. The molecule has 1 aliphatic rings. The third-order valence-corrected chi connectivity index (χ3v) is 5.43. The molecule has 0 aromatic carbocycles. The molecule has 0 bridgehead atoms. The quantitative estimate of drug-likeness (QED) is 0.635. The highest BCUT2D eigenvalue weighted by Gasteiger charge is 2.34. The molecule has 0 aromatic heterocycles. The van der Waals surface area contributed by atoms with Crippen LogP contribution in [-0.2, 0) is 19.3 Å². The normalized spacial score (nSPS) is 25.3. The molecule has 1 fully saturated rings. The number of methoxy groups -OCH3 is 1. The molecule has 102 valence electrons. The van der Waals surface area contributed by atoms with Gasteiger partial charge in [-0.3, -0.25) is 0 Å². The van der Waals surface area contributed by atoms with Gasteiger partial charge < -0.3 is 14.8 Å². The van der Waals surface area contributed by atoms with Crippen molar-refractivity contribution in [2.24, 2.45) is 0 Å². The summed E-state index contributed by atoms with van der Waals surface area (Å²) in [6, 6.07) is 0. The summed E-state index contributed by atoms with van der Waals surface area (Å²) < 4.78 is 34.2. The minimum Gasteiger partial charge on any atom is -0.383 e. The first kappa shape index (κ1) is 14.9. The maximum atomic E-state index is 12.0. The van der Waals surface area contributed by atoms with E-state index in [0.717, 1.165) is 6.54 Å². The summed E-state index contributed by atoms with van der Waals surface area (Å²) >= 11 is 0. The predicted molar refractivity (Wildman–Crippen MR) is 67.0 cm³/mol. The number of ether oxygens (including phenoxy) is 2. The smallest absolute Gasteiger partial charge is 0.155 e. The lowest BCUT2D eigenvalue weighted by molar-refractivity contribution is 0.126. The molecule has 17 heavy (non-hydrogen) atoms. The van der Waals surface area contributed by atoms with E-state index in [0.29, 0.717) is 32.6 Å². The largest absolute Gasteiger partial charge is 0.383 e. The maximum absolute atomic E-state index is 12.0. The zero-order chi connectivity index (χ0) is 12.7. The molecule has 5 nitrogen and oxygen atoms in total. The standard InChI is InChI=1S/C11H23NO4S/c1-10-11(4-7-16-10)17(13,14)9-3-5-12-6-8-15-2/h10-12H,3-9H2,1-2H3. The van der Waals surface area contributed by atoms with Crippen molar-refractivity contribution in [2.75, 3.05) is 39.2 Å². The molecule has 1 rings (SSSR count). The highest BCUT2D eigenvalue weighted by Crippen LogP contribution is 2.21. The Balaban J connectivity index is 2.21. The fourth-order valence-corrected chi connectivity index (χ4v) is 4.00. The Kier molecular flexibility index (Phi) is 6.40. The van der Waals surface area contributed by atoms with Gasteiger partial charge in [0.05, 0.1) is 23.7 Å². The third kappa shape index (κ3) is 4.91. The average Bonchev–Trinajstić information content (AvgIpc) is 2.70. The van der Waals surface area contributed by atoms with Gasteiger partial charge in [0.25, 0.3) is 0 Å². The minimum atomic E-state index is -3.00. The van der Waals surface area contributed by atoms with Crippen LogP contribution in [0.15, 0.2) is 0 Å². The lowest BCUT2D eigenvalue weighted by Gasteiger charge is -2.14. The highest BCUT2D eigenvalue weighted by molar-refractivity contribution is 7.92. The average molecular weight is 265 g/mol. The topological polar surface area (TPSA) is 64.6 Å². The second-order valence-electron chi connectivity index (χ2n) is 4.37. The van der Waals surface area contributed by atoms with Crippen molar-refractivity contribution in [3.05, 3.63) is 0 Å². The van der Waals surface area contributed by atoms with Gasteiger partial charge >= 0.3 is 0 Å². The van der Waals surface area contributed by atoms with Gasteiger partial charge in [0.1, 0.15) is 0 Å². The van der Waals surface area contributed by atoms with Crippen LogP contribution in [0.3, 0.4) is 0 Å². The molecule has 0 aliphatic carbocycles. The molecular formula is C11H23NO4S. The second-order valence-corrected chi connectivity index (χ2v) is 6.71. The van der Waals surface area contributed by atoms with E-state index >= 15 is 0 Å². The molecule has 6 heteroatoms. The van der Waals surface area contributed by atoms with Gasteiger partial charge in [-0.05, 0) is 26.3 Å². The zero-order valence-electron chi connectivity index (χ0n) is 10.6. The van der Waals surface area contributed by atoms with Crippen molar-refractivity contribution in [3.63, 3.8) is 0 Å². The Labute approximate surface area is 104 Å². The van der Waals surface area contributed by atoms with Crippen LogP contribution in [0, 0.1) is 0 Å². The molecule has 1 N–H and O–H groups in total. The fourth-order valence-electron chi connectivity index (χ4n) is 2.03. The van der Waals surface area contributed by atoms with Crippen LogP contribution >= 0.6 is 0 Å². The van der Waals surface area contributed by atoms with Crippen LogP contribution < -0.4 is 5.32 Å². The molecule has 2 unspecified atom stereocenters. The third-order valence-electron chi connectivity index (χ3n) is 3.03. The highest BCUT2D eigenvalue weighted by atomic mass is 32.2. The van der Waals surface area contributed by atoms with E-state index in [-0.39, 0.29) is 17.1 Å². The van der Waals surface area contributed by atoms with Crippen LogP contribution in [0.25, 0.3) is 0 Å². The lowest BCUT2D eigenvalue weighted by Crippen LogP contribution is -2.31. The SMILES string of the molecule is COCCNCCCS(=O)(=O)C1CCOC1C. The Morgan fingerprint density at radius 3 is 2.76 bits per heavy atom. The first-order valence-electron chi connectivity index (χ1n) is 6.11. The van der Waals surface area contributed by atoms with Crippen LogP contribution in [0.2, 0.25) is 0 Å². The molecule has 1 saturated heterocycles. The zero-order valence-corrected chi connectivity index (χ0v) is 11.5. The van der Waals surface area contributed by atoms with Crippen LogP contribution in [-0.4, -0.2) is 58.9 Å². The van der Waals surface area contributed by atoms with E-state index in [2.05, 4.69) is 5.32 Å². The summed E-state index contributed by atoms with van der Waals surface area (Å²) in [6.07, 6.45) is 1.14. The molecule has 2 atom stereocenters. The molecular weight excluding hydrogens is 242 g/mol. The molecule has 0 amide bonds. The van der Waals surface area contributed by atoms with Crippen molar-refractivity contribution in [1.82, 2.24) is 5.32 Å². The first-order valence-corrected chi connectivity index (χ1v) is 7.82. The number of hydrogen-bond acceptors (Lipinski definition) is 5. The second kappa shape index (κ2) is 7.31. The van der Waals surface area contributed by atoms with E-state index < -0.39 is 9.84 Å². The minimum absolute atomic E-state index is 0.151. The molecule has 1 heterocycles. The molecule has 0 aromatic rings. The van der Waals surface area contributed by atoms with Gasteiger partial charge in [0, 0.05) is 20.3 Å². The summed E-state index contributed by atoms with van der Waals surface area (Å²) in [6.45, 7) is 4.54. The molecule has 0 spiro atoms. The number of nitrogens with one attached hydrogen (secondary N) is 1. The van der Waals surface area contributed by atoms with Crippen molar-refractivity contribution in [1.29, 1.82) is 0 Å². The molecule has 0 radical (unpaired) electrons. The van der Waals surface area contributed by atoms with Gasteiger partial charge in [-0.2, -0.15) is 0 Å². The van der Waals surface area contributed by atoms with Crippen LogP contribution in [0.5, 0.6) is 0 Å². The molecule has 0 saturated carbocycles. The van der Waals surface area contributed by atoms with Gasteiger partial charge in [0.2, 0.25) is 0 Å². The summed E-state index contributed by atoms with van der Waals surface area (Å²) in [7, 11) is -1.35. The van der Waals surface area contributed by atoms with Gasteiger partial charge in [-0.1, -0.05) is 0 Å². The predicted octanol–water partition coefficient (Wildman–Crippen LogP) is 0.205. The van der Waals surface area contributed by atoms with Crippen molar-refractivity contribution >= 4 is 9.84 Å². The summed E-state index contributed by atoms with van der Waals surface area (Å²) in [4.78, 5) is 0. The monoisotopic (exact) mass is 265 g/mol. The van der Waals surface area contributed by atoms with Gasteiger partial charge in [0.15, 0.2) is 9.84 Å². The Bertz CT molecular complexity index is 305. The number of sulfone groups is 1. The molecule has 1 aliphatic heterocycles. The maximum Gasteiger partial charge on any atom is 0.155 e. The number of hydrogen-bond donors (Lipinski definition) is 1. The van der Waals surface area contributed by atoms with Crippen LogP contribution in [0.1, 0.15) is 19.8 Å². The van der Waals surface area contributed by atoms with Gasteiger partial charge in [-0.15, -0.1) is 0 Å². The van der Waals surface area contributed by atoms with E-state index in [1.165, 1.54) is 0 Å². The van der Waals surface area contributed by atoms with Crippen molar-refractivity contribution < 1.29 is 17.9 Å².